The number of nitrogens with one attached hydrogen (secondary N) is 4. The summed E-state index contributed by atoms with van der Waals surface area (Å²) in [7, 11) is 0. The molecule has 4 aromatic rings. The number of hydrogen-bond acceptors (Lipinski definition) is 13. The Balaban J connectivity index is 0.784. The zero-order valence-corrected chi connectivity index (χ0v) is 46.2. The molecule has 16 nitrogen and oxygen atoms in total. The van der Waals surface area contributed by atoms with Crippen LogP contribution in [0.4, 0.5) is 18.9 Å². The number of nitrogens with zero attached hydrogens (tertiary/aromatic N) is 5. The molecule has 4 fully saturated rings. The summed E-state index contributed by atoms with van der Waals surface area (Å²) in [6.07, 6.45) is -6.05. The second-order valence-corrected chi connectivity index (χ2v) is 24.6. The highest BCUT2D eigenvalue weighted by Gasteiger charge is 2.64. The topological polar surface area (TPSA) is 201 Å². The lowest BCUT2D eigenvalue weighted by Crippen LogP contribution is -2.74. The van der Waals surface area contributed by atoms with Gasteiger partial charge in [-0.1, -0.05) is 72.7 Å². The van der Waals surface area contributed by atoms with Crippen LogP contribution in [0.5, 0.6) is 5.75 Å². The van der Waals surface area contributed by atoms with Crippen LogP contribution in [0.3, 0.4) is 0 Å². The number of aliphatic hydroxyl groups excluding tert-OH is 1. The van der Waals surface area contributed by atoms with Crippen LogP contribution >= 0.6 is 11.3 Å². The van der Waals surface area contributed by atoms with E-state index in [-0.39, 0.29) is 60.5 Å². The van der Waals surface area contributed by atoms with Crippen LogP contribution in [0.1, 0.15) is 101 Å². The normalized spacial score (nSPS) is 22.8. The summed E-state index contributed by atoms with van der Waals surface area (Å²) in [4.78, 5) is 66.7. The Bertz CT molecular complexity index is 2820. The third-order valence-corrected chi connectivity index (χ3v) is 16.8. The highest BCUT2D eigenvalue weighted by Crippen LogP contribution is 2.56. The number of benzene rings is 3. The Kier molecular flexibility index (Phi) is 16.5. The van der Waals surface area contributed by atoms with Crippen molar-refractivity contribution in [1.82, 2.24) is 35.6 Å². The molecule has 4 aliphatic rings. The van der Waals surface area contributed by atoms with Crippen molar-refractivity contribution in [1.29, 1.82) is 5.26 Å². The average Bonchev–Trinajstić information content (AvgIpc) is 4.09. The molecule has 1 aliphatic carbocycles. The number of piperazine rings is 1. The minimum absolute atomic E-state index is 0.000449. The van der Waals surface area contributed by atoms with Gasteiger partial charge in [0.2, 0.25) is 17.7 Å². The molecule has 8 rings (SSSR count). The Morgan fingerprint density at radius 1 is 0.935 bits per heavy atom. The standard InChI is InChI=1S/C57H72F3N9O7S/c1-34(36-10-12-37(13-11-36)46-35(2)63-33-77-46)64-49(73)44-24-41(70)27-69(44)50(74)47(53(3,4)5)65-45(71)28-67-20-22-68(23-21-67)30-56(31-75-32-56)29-62-40-17-14-38(15-18-40)48(72)66-51-54(6,7)52(55(51,8)9)76-42-19-16-39(26-61)43(25-42)57(58,59)60/h10-19,25,33-34,41,44,47,51-52,62,70H,20-24,27-32H2,1-9H3,(H,64,73)(H,65,71)(H,66,72)/t34-,41+,44-,47+,51?,52?/m0/s1. The molecule has 4 amide bonds. The van der Waals surface area contributed by atoms with Crippen LogP contribution in [-0.4, -0.2) is 144 Å². The van der Waals surface area contributed by atoms with Gasteiger partial charge in [0.05, 0.1) is 65.2 Å². The first-order valence-electron chi connectivity index (χ1n) is 26.2. The number of hydrogen-bond donors (Lipinski definition) is 5. The van der Waals surface area contributed by atoms with Gasteiger partial charge in [-0.05, 0) is 72.9 Å². The number of aliphatic hydroxyl groups is 1. The Hall–Kier alpha value is -6.11. The maximum Gasteiger partial charge on any atom is 0.417 e. The molecule has 0 radical (unpaired) electrons. The van der Waals surface area contributed by atoms with Gasteiger partial charge in [0, 0.05) is 85.8 Å². The van der Waals surface area contributed by atoms with Crippen molar-refractivity contribution < 1.29 is 46.9 Å². The fourth-order valence-corrected chi connectivity index (χ4v) is 12.6. The number of carbonyl (C=O) groups excluding carboxylic acids is 4. The second kappa shape index (κ2) is 22.3. The number of likely N-dealkylation sites (tertiary alicyclic amines) is 1. The molecule has 3 aromatic carbocycles. The van der Waals surface area contributed by atoms with Crippen LogP contribution in [0.15, 0.2) is 72.2 Å². The first-order valence-corrected chi connectivity index (χ1v) is 27.1. The van der Waals surface area contributed by atoms with E-state index in [1.54, 1.807) is 29.5 Å². The van der Waals surface area contributed by atoms with E-state index in [9.17, 15) is 42.7 Å². The zero-order chi connectivity index (χ0) is 55.8. The minimum atomic E-state index is -4.72. The summed E-state index contributed by atoms with van der Waals surface area (Å²) in [5, 5.41) is 32.7. The highest BCUT2D eigenvalue weighted by molar-refractivity contribution is 7.13. The van der Waals surface area contributed by atoms with E-state index in [4.69, 9.17) is 9.47 Å². The molecule has 5 N–H and O–H groups in total. The van der Waals surface area contributed by atoms with Gasteiger partial charge in [0.1, 0.15) is 23.9 Å². The summed E-state index contributed by atoms with van der Waals surface area (Å²) >= 11 is 1.57. The van der Waals surface area contributed by atoms with Crippen LogP contribution < -0.4 is 26.0 Å². The van der Waals surface area contributed by atoms with Crippen LogP contribution in [0, 0.1) is 39.9 Å². The number of carbonyl (C=O) groups is 4. The second-order valence-electron chi connectivity index (χ2n) is 23.7. The van der Waals surface area contributed by atoms with Crippen molar-refractivity contribution in [3.05, 3.63) is 100 Å². The van der Waals surface area contributed by atoms with Crippen molar-refractivity contribution in [2.24, 2.45) is 21.7 Å². The lowest BCUT2D eigenvalue weighted by atomic mass is 9.49. The van der Waals surface area contributed by atoms with Gasteiger partial charge < -0.3 is 40.7 Å². The number of thiazole rings is 1. The van der Waals surface area contributed by atoms with Gasteiger partial charge in [0.15, 0.2) is 0 Å². The lowest BCUT2D eigenvalue weighted by molar-refractivity contribution is -0.164. The fourth-order valence-electron chi connectivity index (χ4n) is 11.8. The molecular formula is C57H72F3N9O7S. The van der Waals surface area contributed by atoms with Crippen LogP contribution in [0.2, 0.25) is 0 Å². The molecule has 4 heterocycles. The molecule has 1 saturated carbocycles. The van der Waals surface area contributed by atoms with Gasteiger partial charge in [-0.2, -0.15) is 18.4 Å². The fraction of sp³-hybridized carbons (Fsp3) is 0.544. The number of nitriles is 1. The zero-order valence-electron chi connectivity index (χ0n) is 45.3. The molecule has 20 heteroatoms. The summed E-state index contributed by atoms with van der Waals surface area (Å²) in [5.41, 5.74) is 2.33. The number of β-amino-alcohol motifs (C(OH)–C–C–N with tert-alkyl or cyclic N) is 1. The van der Waals surface area contributed by atoms with Gasteiger partial charge in [0.25, 0.3) is 5.91 Å². The molecular weight excluding hydrogens is 1010 g/mol. The van der Waals surface area contributed by atoms with E-state index in [0.717, 1.165) is 59.2 Å². The van der Waals surface area contributed by atoms with Crippen LogP contribution in [-0.2, 0) is 25.3 Å². The number of anilines is 1. The molecule has 0 bridgehead atoms. The molecule has 3 saturated heterocycles. The number of rotatable bonds is 17. The van der Waals surface area contributed by atoms with E-state index in [0.29, 0.717) is 38.4 Å². The third-order valence-electron chi connectivity index (χ3n) is 15.9. The maximum atomic E-state index is 14.3. The largest absolute Gasteiger partial charge is 0.489 e. The molecule has 0 spiro atoms. The number of aromatic nitrogens is 1. The van der Waals surface area contributed by atoms with Gasteiger partial charge in [-0.25, -0.2) is 4.98 Å². The van der Waals surface area contributed by atoms with Crippen LogP contribution in [0.25, 0.3) is 10.4 Å². The number of ether oxygens (including phenoxy) is 2. The molecule has 3 aliphatic heterocycles. The van der Waals surface area contributed by atoms with Crippen molar-refractivity contribution in [2.45, 2.75) is 111 Å². The quantitative estimate of drug-likeness (QED) is 0.0724. The van der Waals surface area contributed by atoms with Crippen molar-refractivity contribution in [2.75, 3.05) is 70.9 Å². The first kappa shape index (κ1) is 57.1. The number of halogens is 3. The molecule has 77 heavy (non-hydrogen) atoms. The Morgan fingerprint density at radius 3 is 2.16 bits per heavy atom. The molecule has 4 atom stereocenters. The van der Waals surface area contributed by atoms with E-state index >= 15 is 0 Å². The summed E-state index contributed by atoms with van der Waals surface area (Å²) in [5.74, 6) is -1.35. The van der Waals surface area contributed by atoms with Crippen molar-refractivity contribution in [3.63, 3.8) is 0 Å². The van der Waals surface area contributed by atoms with E-state index in [1.807, 2.05) is 104 Å². The SMILES string of the molecule is Cc1ncsc1-c1ccc([C@H](C)NC(=O)[C@@H]2C[C@@H](O)CN2C(=O)[C@@H](NC(=O)CN2CCN(CC3(CNc4ccc(C(=O)NC5C(C)(C)C(Oc6ccc(C#N)c(C(F)(F)F)c6)C5(C)C)cc4)COC3)CC2)C(C)(C)C)cc1. The maximum absolute atomic E-state index is 14.3. The molecule has 414 valence electrons. The van der Waals surface area contributed by atoms with E-state index in [2.05, 4.69) is 36.1 Å². The van der Waals surface area contributed by atoms with Gasteiger partial charge in [-0.15, -0.1) is 11.3 Å². The summed E-state index contributed by atoms with van der Waals surface area (Å²) in [6.45, 7) is 22.5. The first-order chi connectivity index (χ1) is 36.2. The molecule has 1 aromatic heterocycles. The predicted octanol–water partition coefficient (Wildman–Crippen LogP) is 7.04. The predicted molar refractivity (Wildman–Crippen MR) is 287 cm³/mol. The van der Waals surface area contributed by atoms with Crippen molar-refractivity contribution in [3.8, 4) is 22.3 Å². The third kappa shape index (κ3) is 12.6. The monoisotopic (exact) mass is 1080 g/mol. The van der Waals surface area contributed by atoms with Gasteiger partial charge >= 0.3 is 6.18 Å². The average molecular weight is 1080 g/mol. The Labute approximate surface area is 453 Å². The minimum Gasteiger partial charge on any atom is -0.489 e. The number of amides is 4. The summed E-state index contributed by atoms with van der Waals surface area (Å²) in [6, 6.07) is 17.5. The highest BCUT2D eigenvalue weighted by atomic mass is 32.1. The van der Waals surface area contributed by atoms with Gasteiger partial charge in [-0.3, -0.25) is 29.0 Å². The number of aryl methyl sites for hydroxylation is 1. The molecule has 0 unspecified atom stereocenters. The number of alkyl halides is 3. The Morgan fingerprint density at radius 2 is 1.58 bits per heavy atom. The smallest absolute Gasteiger partial charge is 0.417 e. The van der Waals surface area contributed by atoms with Crippen molar-refractivity contribution >= 4 is 40.7 Å². The lowest BCUT2D eigenvalue weighted by Gasteiger charge is -2.63. The van der Waals surface area contributed by atoms with E-state index < -0.39 is 63.7 Å². The summed E-state index contributed by atoms with van der Waals surface area (Å²) < 4.78 is 52.9. The van der Waals surface area contributed by atoms with E-state index in [1.165, 1.54) is 11.0 Å².